The van der Waals surface area contributed by atoms with Gasteiger partial charge in [-0.25, -0.2) is 14.5 Å². The third kappa shape index (κ3) is 5.18. The Balaban J connectivity index is 1.55. The predicted octanol–water partition coefficient (Wildman–Crippen LogP) is 0.0486. The first-order chi connectivity index (χ1) is 16.0. The van der Waals surface area contributed by atoms with Crippen molar-refractivity contribution in [2.45, 2.75) is 35.4 Å². The number of benzene rings is 1. The number of phosphoric acid groups is 1. The minimum atomic E-state index is -4.82. The zero-order valence-electron chi connectivity index (χ0n) is 17.0. The van der Waals surface area contributed by atoms with Gasteiger partial charge in [-0.3, -0.25) is 29.0 Å². The number of aliphatic hydroxyl groups excluding tert-OH is 2. The molecule has 15 nitrogen and oxygen atoms in total. The number of aromatic nitrogens is 4. The number of aliphatic hydroxyl groups is 2. The minimum absolute atomic E-state index is 0.0442. The van der Waals surface area contributed by atoms with Crippen LogP contribution in [-0.2, 0) is 19.6 Å². The minimum Gasteiger partial charge on any atom is -0.387 e. The summed E-state index contributed by atoms with van der Waals surface area (Å²) in [4.78, 5) is 51.3. The second kappa shape index (κ2) is 9.52. The first-order valence-corrected chi connectivity index (χ1v) is 12.1. The van der Waals surface area contributed by atoms with E-state index in [4.69, 9.17) is 14.5 Å². The maximum absolute atomic E-state index is 12.5. The second-order valence-corrected chi connectivity index (χ2v) is 9.44. The van der Waals surface area contributed by atoms with E-state index >= 15 is 0 Å². The number of fused-ring (bicyclic) bond motifs is 1. The van der Waals surface area contributed by atoms with Gasteiger partial charge in [0.1, 0.15) is 18.3 Å². The SMILES string of the molecule is O=c1[nH]c(SCc2ccc([N+](=O)[O-])cc2)nc2c1ncn2C1O[C@@H](COP(=O)(O)O)[C@H](O)[C@@H]1O. The first kappa shape index (κ1) is 24.4. The molecule has 1 saturated heterocycles. The number of nitro benzene ring substituents is 1. The van der Waals surface area contributed by atoms with Crippen molar-refractivity contribution in [1.82, 2.24) is 19.5 Å². The summed E-state index contributed by atoms with van der Waals surface area (Å²) >= 11 is 1.15. The van der Waals surface area contributed by atoms with Crippen molar-refractivity contribution < 1.29 is 38.7 Å². The molecule has 1 aliphatic heterocycles. The van der Waals surface area contributed by atoms with Gasteiger partial charge in [0.25, 0.3) is 11.2 Å². The van der Waals surface area contributed by atoms with Crippen LogP contribution in [0.4, 0.5) is 5.69 Å². The summed E-state index contributed by atoms with van der Waals surface area (Å²) in [6.07, 6.45) is -4.40. The average Bonchev–Trinajstić information content (AvgIpc) is 3.32. The summed E-state index contributed by atoms with van der Waals surface area (Å²) in [5, 5.41) is 31.6. The Bertz CT molecular complexity index is 1310. The number of imidazole rings is 1. The van der Waals surface area contributed by atoms with Crippen LogP contribution in [0.15, 0.2) is 40.5 Å². The van der Waals surface area contributed by atoms with Crippen LogP contribution in [0.25, 0.3) is 11.2 Å². The second-order valence-electron chi connectivity index (χ2n) is 7.24. The Kier molecular flexibility index (Phi) is 6.84. The number of nitro groups is 1. The fourth-order valence-corrected chi connectivity index (χ4v) is 4.45. The number of nitrogens with one attached hydrogen (secondary N) is 1. The van der Waals surface area contributed by atoms with Crippen LogP contribution >= 0.6 is 19.6 Å². The molecule has 17 heteroatoms. The van der Waals surface area contributed by atoms with Crippen molar-refractivity contribution in [3.8, 4) is 0 Å². The fourth-order valence-electron chi connectivity index (χ4n) is 3.29. The highest BCUT2D eigenvalue weighted by atomic mass is 32.2. The van der Waals surface area contributed by atoms with Gasteiger partial charge in [0.05, 0.1) is 17.9 Å². The molecule has 0 aliphatic carbocycles. The number of rotatable bonds is 8. The molecule has 0 radical (unpaired) electrons. The quantitative estimate of drug-likeness (QED) is 0.0880. The molecule has 0 spiro atoms. The van der Waals surface area contributed by atoms with E-state index in [1.807, 2.05) is 0 Å². The maximum atomic E-state index is 12.5. The molecule has 0 amide bonds. The van der Waals surface area contributed by atoms with Gasteiger partial charge in [0.15, 0.2) is 22.5 Å². The third-order valence-electron chi connectivity index (χ3n) is 4.95. The topological polar surface area (TPSA) is 223 Å². The smallest absolute Gasteiger partial charge is 0.387 e. The molecule has 1 unspecified atom stereocenters. The predicted molar refractivity (Wildman–Crippen MR) is 115 cm³/mol. The van der Waals surface area contributed by atoms with Crippen molar-refractivity contribution >= 4 is 36.4 Å². The van der Waals surface area contributed by atoms with Crippen molar-refractivity contribution in [2.24, 2.45) is 0 Å². The summed E-state index contributed by atoms with van der Waals surface area (Å²) < 4.78 is 22.0. The van der Waals surface area contributed by atoms with E-state index in [2.05, 4.69) is 19.5 Å². The van der Waals surface area contributed by atoms with Crippen molar-refractivity contribution in [1.29, 1.82) is 0 Å². The van der Waals surface area contributed by atoms with Gasteiger partial charge in [-0.1, -0.05) is 23.9 Å². The molecule has 4 atom stereocenters. The lowest BCUT2D eigenvalue weighted by atomic mass is 10.1. The molecule has 1 aliphatic rings. The van der Waals surface area contributed by atoms with E-state index in [-0.39, 0.29) is 22.0 Å². The Morgan fingerprint density at radius 1 is 1.26 bits per heavy atom. The molecule has 3 heterocycles. The molecule has 34 heavy (non-hydrogen) atoms. The number of nitrogens with zero attached hydrogens (tertiary/aromatic N) is 4. The number of hydrogen-bond donors (Lipinski definition) is 5. The lowest BCUT2D eigenvalue weighted by Gasteiger charge is -2.16. The number of aromatic amines is 1. The zero-order valence-corrected chi connectivity index (χ0v) is 18.7. The molecule has 182 valence electrons. The van der Waals surface area contributed by atoms with E-state index in [1.165, 1.54) is 23.0 Å². The highest BCUT2D eigenvalue weighted by Gasteiger charge is 2.45. The van der Waals surface area contributed by atoms with E-state index in [1.54, 1.807) is 12.1 Å². The van der Waals surface area contributed by atoms with Crippen LogP contribution in [0.5, 0.6) is 0 Å². The van der Waals surface area contributed by atoms with E-state index in [9.17, 15) is 29.7 Å². The van der Waals surface area contributed by atoms with Gasteiger partial charge in [-0.15, -0.1) is 0 Å². The Hall–Kier alpha value is -2.69. The van der Waals surface area contributed by atoms with Gasteiger partial charge in [0.2, 0.25) is 0 Å². The van der Waals surface area contributed by atoms with Crippen LogP contribution in [-0.4, -0.2) is 69.4 Å². The largest absolute Gasteiger partial charge is 0.469 e. The number of non-ortho nitro benzene ring substituents is 1. The number of ether oxygens (including phenoxy) is 1. The Morgan fingerprint density at radius 3 is 2.62 bits per heavy atom. The summed E-state index contributed by atoms with van der Waals surface area (Å²) in [7, 11) is -4.82. The van der Waals surface area contributed by atoms with Crippen molar-refractivity contribution in [3.05, 3.63) is 56.6 Å². The Morgan fingerprint density at radius 2 is 1.97 bits per heavy atom. The lowest BCUT2D eigenvalue weighted by molar-refractivity contribution is -0.384. The van der Waals surface area contributed by atoms with E-state index < -0.39 is 49.5 Å². The molecular weight excluding hydrogens is 497 g/mol. The standard InChI is InChI=1S/C17H18N5O10PS/c23-12-10(5-31-33(28,29)30)32-16(13(12)24)21-7-18-11-14(21)19-17(20-15(11)25)34-6-8-1-3-9(4-2-8)22(26)27/h1-4,7,10,12-13,16,23-24H,5-6H2,(H,19,20,25)(H2,28,29,30)/t10-,12-,13-,16?/m0/s1. The normalized spacial score (nSPS) is 22.9. The van der Waals surface area contributed by atoms with Gasteiger partial charge >= 0.3 is 7.82 Å². The summed E-state index contributed by atoms with van der Waals surface area (Å²) in [6, 6.07) is 5.88. The van der Waals surface area contributed by atoms with Gasteiger partial charge in [-0.2, -0.15) is 0 Å². The van der Waals surface area contributed by atoms with Gasteiger partial charge in [0, 0.05) is 17.9 Å². The number of hydrogen-bond acceptors (Lipinski definition) is 11. The molecular formula is C17H18N5O10PS. The van der Waals surface area contributed by atoms with Crippen molar-refractivity contribution in [3.63, 3.8) is 0 Å². The first-order valence-electron chi connectivity index (χ1n) is 9.58. The number of thioether (sulfide) groups is 1. The number of phosphoric ester groups is 1. The van der Waals surface area contributed by atoms with Crippen LogP contribution < -0.4 is 5.56 Å². The molecule has 0 bridgehead atoms. The highest BCUT2D eigenvalue weighted by molar-refractivity contribution is 7.98. The fraction of sp³-hybridized carbons (Fsp3) is 0.353. The van der Waals surface area contributed by atoms with Crippen LogP contribution in [0.3, 0.4) is 0 Å². The zero-order chi connectivity index (χ0) is 24.6. The van der Waals surface area contributed by atoms with Crippen LogP contribution in [0, 0.1) is 10.1 Å². The highest BCUT2D eigenvalue weighted by Crippen LogP contribution is 2.38. The van der Waals surface area contributed by atoms with Gasteiger partial charge in [-0.05, 0) is 5.56 Å². The molecule has 1 aromatic carbocycles. The van der Waals surface area contributed by atoms with Gasteiger partial charge < -0.3 is 24.7 Å². The third-order valence-corrected chi connectivity index (χ3v) is 6.38. The molecule has 4 rings (SSSR count). The summed E-state index contributed by atoms with van der Waals surface area (Å²) in [5.74, 6) is 0.337. The van der Waals surface area contributed by atoms with Crippen molar-refractivity contribution in [2.75, 3.05) is 6.61 Å². The Labute approximate surface area is 193 Å². The lowest BCUT2D eigenvalue weighted by Crippen LogP contribution is -2.33. The summed E-state index contributed by atoms with van der Waals surface area (Å²) in [5.41, 5.74) is 0.122. The summed E-state index contributed by atoms with van der Waals surface area (Å²) in [6.45, 7) is -0.685. The number of H-pyrrole nitrogens is 1. The van der Waals surface area contributed by atoms with E-state index in [0.29, 0.717) is 5.75 Å². The molecule has 5 N–H and O–H groups in total. The molecule has 3 aromatic rings. The molecule has 2 aromatic heterocycles. The molecule has 0 saturated carbocycles. The van der Waals surface area contributed by atoms with Crippen LogP contribution in [0.1, 0.15) is 11.8 Å². The van der Waals surface area contributed by atoms with E-state index in [0.717, 1.165) is 17.3 Å². The maximum Gasteiger partial charge on any atom is 0.469 e. The van der Waals surface area contributed by atoms with Crippen LogP contribution in [0.2, 0.25) is 0 Å². The monoisotopic (exact) mass is 515 g/mol. The molecule has 1 fully saturated rings. The average molecular weight is 515 g/mol.